The average molecular weight is 245 g/mol. The van der Waals surface area contributed by atoms with Gasteiger partial charge >= 0.3 is 0 Å². The van der Waals surface area contributed by atoms with Crippen LogP contribution < -0.4 is 5.32 Å². The SMILES string of the molecule is Cn1nc(C2CCCN2)cc1-c1ccccc1F. The molecule has 1 aliphatic rings. The second-order valence-electron chi connectivity index (χ2n) is 4.71. The molecule has 1 saturated heterocycles. The van der Waals surface area contributed by atoms with E-state index in [2.05, 4.69) is 10.4 Å². The fourth-order valence-corrected chi connectivity index (χ4v) is 2.52. The van der Waals surface area contributed by atoms with Crippen LogP contribution in [-0.2, 0) is 7.05 Å². The zero-order chi connectivity index (χ0) is 12.5. The summed E-state index contributed by atoms with van der Waals surface area (Å²) in [6, 6.07) is 9.12. The molecule has 1 aliphatic heterocycles. The zero-order valence-electron chi connectivity index (χ0n) is 10.4. The van der Waals surface area contributed by atoms with Crippen LogP contribution in [0.4, 0.5) is 4.39 Å². The first-order valence-corrected chi connectivity index (χ1v) is 6.28. The average Bonchev–Trinajstić information content (AvgIpc) is 2.99. The van der Waals surface area contributed by atoms with Gasteiger partial charge in [-0.25, -0.2) is 4.39 Å². The molecule has 0 aliphatic carbocycles. The van der Waals surface area contributed by atoms with Gasteiger partial charge in [-0.2, -0.15) is 5.10 Å². The van der Waals surface area contributed by atoms with Crippen molar-refractivity contribution in [3.63, 3.8) is 0 Å². The van der Waals surface area contributed by atoms with E-state index in [4.69, 9.17) is 0 Å². The lowest BCUT2D eigenvalue weighted by Gasteiger charge is -2.04. The minimum absolute atomic E-state index is 0.202. The molecular formula is C14H16FN3. The van der Waals surface area contributed by atoms with Gasteiger partial charge < -0.3 is 5.32 Å². The van der Waals surface area contributed by atoms with E-state index in [0.717, 1.165) is 24.4 Å². The normalized spacial score (nSPS) is 19.3. The van der Waals surface area contributed by atoms with Crippen LogP contribution in [0.15, 0.2) is 30.3 Å². The molecule has 0 saturated carbocycles. The van der Waals surface area contributed by atoms with Crippen molar-refractivity contribution in [2.24, 2.45) is 7.05 Å². The van der Waals surface area contributed by atoms with Gasteiger partial charge in [-0.3, -0.25) is 4.68 Å². The molecule has 1 unspecified atom stereocenters. The van der Waals surface area contributed by atoms with Crippen molar-refractivity contribution in [2.75, 3.05) is 6.54 Å². The number of hydrogen-bond acceptors (Lipinski definition) is 2. The molecule has 18 heavy (non-hydrogen) atoms. The van der Waals surface area contributed by atoms with Crippen LogP contribution in [0.3, 0.4) is 0 Å². The molecule has 1 fully saturated rings. The monoisotopic (exact) mass is 245 g/mol. The van der Waals surface area contributed by atoms with Crippen LogP contribution in [0.2, 0.25) is 0 Å². The Labute approximate surface area is 106 Å². The number of aromatic nitrogens is 2. The number of benzene rings is 1. The molecule has 94 valence electrons. The second-order valence-corrected chi connectivity index (χ2v) is 4.71. The number of nitrogens with zero attached hydrogens (tertiary/aromatic N) is 2. The third kappa shape index (κ3) is 1.93. The van der Waals surface area contributed by atoms with Gasteiger partial charge in [0.15, 0.2) is 0 Å². The van der Waals surface area contributed by atoms with Crippen molar-refractivity contribution < 1.29 is 4.39 Å². The van der Waals surface area contributed by atoms with Crippen molar-refractivity contribution >= 4 is 0 Å². The van der Waals surface area contributed by atoms with E-state index < -0.39 is 0 Å². The van der Waals surface area contributed by atoms with Crippen LogP contribution >= 0.6 is 0 Å². The van der Waals surface area contributed by atoms with Gasteiger partial charge in [-0.1, -0.05) is 12.1 Å². The Hall–Kier alpha value is -1.68. The minimum atomic E-state index is -0.202. The Kier molecular flexibility index (Phi) is 2.88. The van der Waals surface area contributed by atoms with Crippen molar-refractivity contribution in [3.8, 4) is 11.3 Å². The summed E-state index contributed by atoms with van der Waals surface area (Å²) in [6.07, 6.45) is 2.28. The van der Waals surface area contributed by atoms with E-state index in [-0.39, 0.29) is 5.82 Å². The van der Waals surface area contributed by atoms with Crippen molar-refractivity contribution in [1.82, 2.24) is 15.1 Å². The quantitative estimate of drug-likeness (QED) is 0.881. The molecule has 4 heteroatoms. The number of rotatable bonds is 2. The Morgan fingerprint density at radius 3 is 2.94 bits per heavy atom. The van der Waals surface area contributed by atoms with E-state index in [9.17, 15) is 4.39 Å². The van der Waals surface area contributed by atoms with Crippen molar-refractivity contribution in [1.29, 1.82) is 0 Å². The van der Waals surface area contributed by atoms with Gasteiger partial charge in [-0.05, 0) is 37.6 Å². The summed E-state index contributed by atoms with van der Waals surface area (Å²) in [6.45, 7) is 1.04. The maximum atomic E-state index is 13.8. The molecule has 3 nitrogen and oxygen atoms in total. The second kappa shape index (κ2) is 4.53. The maximum Gasteiger partial charge on any atom is 0.132 e. The predicted octanol–water partition coefficient (Wildman–Crippen LogP) is 2.65. The molecule has 1 N–H and O–H groups in total. The highest BCUT2D eigenvalue weighted by Crippen LogP contribution is 2.28. The molecular weight excluding hydrogens is 229 g/mol. The molecule has 3 rings (SSSR count). The first kappa shape index (κ1) is 11.4. The van der Waals surface area contributed by atoms with Crippen LogP contribution in [0, 0.1) is 5.82 Å². The van der Waals surface area contributed by atoms with Gasteiger partial charge in [0.2, 0.25) is 0 Å². The zero-order valence-corrected chi connectivity index (χ0v) is 10.4. The van der Waals surface area contributed by atoms with Gasteiger partial charge in [0.05, 0.1) is 17.4 Å². The first-order valence-electron chi connectivity index (χ1n) is 6.28. The Balaban J connectivity index is 2.00. The fraction of sp³-hybridized carbons (Fsp3) is 0.357. The summed E-state index contributed by atoms with van der Waals surface area (Å²) in [4.78, 5) is 0. The highest BCUT2D eigenvalue weighted by Gasteiger charge is 2.21. The minimum Gasteiger partial charge on any atom is -0.309 e. The van der Waals surface area contributed by atoms with E-state index in [1.807, 2.05) is 19.2 Å². The molecule has 0 bridgehead atoms. The first-order chi connectivity index (χ1) is 8.75. The predicted molar refractivity (Wildman–Crippen MR) is 68.6 cm³/mol. The highest BCUT2D eigenvalue weighted by atomic mass is 19.1. The molecule has 0 amide bonds. The Morgan fingerprint density at radius 2 is 2.22 bits per heavy atom. The van der Waals surface area contributed by atoms with Gasteiger partial charge in [0.1, 0.15) is 5.82 Å². The molecule has 1 aromatic heterocycles. The number of halogens is 1. The molecule has 2 heterocycles. The topological polar surface area (TPSA) is 29.9 Å². The van der Waals surface area contributed by atoms with Crippen LogP contribution in [-0.4, -0.2) is 16.3 Å². The summed E-state index contributed by atoms with van der Waals surface area (Å²) < 4.78 is 15.5. The third-order valence-electron chi connectivity index (χ3n) is 3.47. The highest BCUT2D eigenvalue weighted by molar-refractivity contribution is 5.60. The van der Waals surface area contributed by atoms with E-state index >= 15 is 0 Å². The lowest BCUT2D eigenvalue weighted by atomic mass is 10.1. The van der Waals surface area contributed by atoms with Crippen molar-refractivity contribution in [3.05, 3.63) is 41.8 Å². The summed E-state index contributed by atoms with van der Waals surface area (Å²) in [5, 5.41) is 7.91. The Morgan fingerprint density at radius 1 is 1.39 bits per heavy atom. The summed E-state index contributed by atoms with van der Waals surface area (Å²) in [7, 11) is 1.86. The smallest absolute Gasteiger partial charge is 0.132 e. The molecule has 2 aromatic rings. The third-order valence-corrected chi connectivity index (χ3v) is 3.47. The largest absolute Gasteiger partial charge is 0.309 e. The van der Waals surface area contributed by atoms with Gasteiger partial charge in [0, 0.05) is 12.6 Å². The summed E-state index contributed by atoms with van der Waals surface area (Å²) in [5.41, 5.74) is 2.45. The van der Waals surface area contributed by atoms with Crippen LogP contribution in [0.25, 0.3) is 11.3 Å². The van der Waals surface area contributed by atoms with Crippen LogP contribution in [0.5, 0.6) is 0 Å². The number of hydrogen-bond donors (Lipinski definition) is 1. The number of aryl methyl sites for hydroxylation is 1. The lowest BCUT2D eigenvalue weighted by Crippen LogP contribution is -2.13. The fourth-order valence-electron chi connectivity index (χ4n) is 2.52. The van der Waals surface area contributed by atoms with E-state index in [1.165, 1.54) is 12.5 Å². The summed E-state index contributed by atoms with van der Waals surface area (Å²) in [5.74, 6) is -0.202. The van der Waals surface area contributed by atoms with Gasteiger partial charge in [0.25, 0.3) is 0 Å². The maximum absolute atomic E-state index is 13.8. The van der Waals surface area contributed by atoms with Crippen molar-refractivity contribution in [2.45, 2.75) is 18.9 Å². The van der Waals surface area contributed by atoms with E-state index in [0.29, 0.717) is 11.6 Å². The summed E-state index contributed by atoms with van der Waals surface area (Å²) >= 11 is 0. The lowest BCUT2D eigenvalue weighted by molar-refractivity contribution is 0.606. The molecule has 1 atom stereocenters. The molecule has 0 spiro atoms. The molecule has 1 aromatic carbocycles. The standard InChI is InChI=1S/C14H16FN3/c1-18-14(10-5-2-3-6-11(10)15)9-13(17-18)12-7-4-8-16-12/h2-3,5-6,9,12,16H,4,7-8H2,1H3. The van der Waals surface area contributed by atoms with Gasteiger partial charge in [-0.15, -0.1) is 0 Å². The Bertz CT molecular complexity index is 556. The van der Waals surface area contributed by atoms with Crippen LogP contribution in [0.1, 0.15) is 24.6 Å². The number of nitrogens with one attached hydrogen (secondary N) is 1. The molecule has 0 radical (unpaired) electrons. The van der Waals surface area contributed by atoms with E-state index in [1.54, 1.807) is 16.8 Å².